The van der Waals surface area contributed by atoms with E-state index in [2.05, 4.69) is 75.9 Å². The van der Waals surface area contributed by atoms with E-state index >= 15 is 0 Å². The molecule has 1 aliphatic heterocycles. The molecule has 1 atom stereocenters. The minimum atomic E-state index is -0.509. The molecule has 0 saturated carbocycles. The van der Waals surface area contributed by atoms with Crippen LogP contribution in [0.1, 0.15) is 51.0 Å². The summed E-state index contributed by atoms with van der Waals surface area (Å²) in [6.07, 6.45) is 3.43. The monoisotopic (exact) mass is 529 g/mol. The van der Waals surface area contributed by atoms with Crippen LogP contribution in [-0.4, -0.2) is 33.1 Å². The molecule has 1 N–H and O–H groups in total. The average molecular weight is 529 g/mol. The fourth-order valence-electron chi connectivity index (χ4n) is 4.00. The van der Waals surface area contributed by atoms with Gasteiger partial charge in [0, 0.05) is 15.7 Å². The predicted octanol–water partition coefficient (Wildman–Crippen LogP) is 6.73. The van der Waals surface area contributed by atoms with Gasteiger partial charge in [0.15, 0.2) is 0 Å². The summed E-state index contributed by atoms with van der Waals surface area (Å²) in [4.78, 5) is 22.6. The first-order valence-electron chi connectivity index (χ1n) is 10.6. The van der Waals surface area contributed by atoms with E-state index in [1.54, 1.807) is 4.90 Å². The van der Waals surface area contributed by atoms with E-state index in [1.807, 2.05) is 33.0 Å². The van der Waals surface area contributed by atoms with E-state index in [-0.39, 0.29) is 12.1 Å². The van der Waals surface area contributed by atoms with Gasteiger partial charge in [-0.25, -0.2) is 9.78 Å². The number of halogens is 1. The van der Waals surface area contributed by atoms with Crippen molar-refractivity contribution in [1.82, 2.24) is 14.9 Å². The van der Waals surface area contributed by atoms with Crippen LogP contribution in [0.3, 0.4) is 0 Å². The number of aromatic nitrogens is 2. The molecular formula is C25H28IN3O2. The highest BCUT2D eigenvalue weighted by Gasteiger charge is 2.34. The Kier molecular flexibility index (Phi) is 6.10. The maximum Gasteiger partial charge on any atom is 0.410 e. The highest BCUT2D eigenvalue weighted by Crippen LogP contribution is 2.35. The molecule has 6 heteroatoms. The van der Waals surface area contributed by atoms with Gasteiger partial charge in [-0.15, -0.1) is 0 Å². The van der Waals surface area contributed by atoms with E-state index in [4.69, 9.17) is 4.74 Å². The second kappa shape index (κ2) is 8.65. The zero-order valence-electron chi connectivity index (χ0n) is 18.4. The Labute approximate surface area is 197 Å². The van der Waals surface area contributed by atoms with Gasteiger partial charge in [0.1, 0.15) is 11.4 Å². The van der Waals surface area contributed by atoms with Crippen LogP contribution >= 0.6 is 22.6 Å². The lowest BCUT2D eigenvalue weighted by Crippen LogP contribution is -2.36. The first-order valence-corrected chi connectivity index (χ1v) is 11.7. The number of aryl methyl sites for hydroxylation is 1. The lowest BCUT2D eigenvalue weighted by Gasteiger charge is -2.27. The zero-order valence-corrected chi connectivity index (χ0v) is 20.6. The summed E-state index contributed by atoms with van der Waals surface area (Å²) >= 11 is 2.42. The van der Waals surface area contributed by atoms with Gasteiger partial charge in [-0.1, -0.05) is 30.3 Å². The number of hydrogen-bond acceptors (Lipinski definition) is 3. The standard InChI is InChI=1S/C25H28IN3O2/c1-16-13-18(14-19(22(16)26)17-9-6-5-7-10-17)20-15-27-23(28-20)21-11-8-12-29(21)24(30)31-25(2,3)4/h5-7,9-10,13-15,21H,8,11-12H2,1-4H3,(H,27,28)/t21-/m0/s1. The van der Waals surface area contributed by atoms with Crippen LogP contribution in [0.4, 0.5) is 4.79 Å². The highest BCUT2D eigenvalue weighted by atomic mass is 127. The van der Waals surface area contributed by atoms with Crippen molar-refractivity contribution in [2.75, 3.05) is 6.54 Å². The number of likely N-dealkylation sites (tertiary alicyclic amines) is 1. The van der Waals surface area contributed by atoms with Crippen molar-refractivity contribution >= 4 is 28.7 Å². The third kappa shape index (κ3) is 4.79. The van der Waals surface area contributed by atoms with Crippen LogP contribution in [0.15, 0.2) is 48.7 Å². The first kappa shape index (κ1) is 21.9. The normalized spacial score (nSPS) is 16.5. The van der Waals surface area contributed by atoms with Crippen molar-refractivity contribution in [1.29, 1.82) is 0 Å². The Morgan fingerprint density at radius 2 is 1.94 bits per heavy atom. The molecule has 0 unspecified atom stereocenters. The van der Waals surface area contributed by atoms with Gasteiger partial charge in [0.25, 0.3) is 0 Å². The molecule has 4 rings (SSSR count). The number of nitrogens with one attached hydrogen (secondary N) is 1. The van der Waals surface area contributed by atoms with Crippen molar-refractivity contribution in [3.05, 3.63) is 63.6 Å². The van der Waals surface area contributed by atoms with Gasteiger partial charge in [-0.2, -0.15) is 0 Å². The molecule has 1 amide bonds. The zero-order chi connectivity index (χ0) is 22.2. The maximum absolute atomic E-state index is 12.7. The number of ether oxygens (including phenoxy) is 1. The predicted molar refractivity (Wildman–Crippen MR) is 132 cm³/mol. The summed E-state index contributed by atoms with van der Waals surface area (Å²) in [5.41, 5.74) is 5.18. The lowest BCUT2D eigenvalue weighted by molar-refractivity contribution is 0.0218. The number of carbonyl (C=O) groups excluding carboxylic acids is 1. The molecule has 0 radical (unpaired) electrons. The molecule has 1 saturated heterocycles. The van der Waals surface area contributed by atoms with Crippen LogP contribution in [0.25, 0.3) is 22.4 Å². The van der Waals surface area contributed by atoms with Crippen molar-refractivity contribution < 1.29 is 9.53 Å². The van der Waals surface area contributed by atoms with Crippen LogP contribution < -0.4 is 0 Å². The fourth-order valence-corrected chi connectivity index (χ4v) is 4.62. The smallest absolute Gasteiger partial charge is 0.410 e. The largest absolute Gasteiger partial charge is 0.444 e. The SMILES string of the molecule is Cc1cc(-c2cnc([C@@H]3CCCN3C(=O)OC(C)(C)C)[nH]2)cc(-c2ccccc2)c1I. The molecule has 0 spiro atoms. The van der Waals surface area contributed by atoms with Gasteiger partial charge in [0.05, 0.1) is 17.9 Å². The average Bonchev–Trinajstić information content (AvgIpc) is 3.38. The highest BCUT2D eigenvalue weighted by molar-refractivity contribution is 14.1. The number of hydrogen-bond donors (Lipinski definition) is 1. The van der Waals surface area contributed by atoms with E-state index in [1.165, 1.54) is 20.3 Å². The van der Waals surface area contributed by atoms with Crippen molar-refractivity contribution in [3.63, 3.8) is 0 Å². The Bertz CT molecular complexity index is 1090. The maximum atomic E-state index is 12.7. The van der Waals surface area contributed by atoms with Gasteiger partial charge >= 0.3 is 6.09 Å². The Hall–Kier alpha value is -2.35. The van der Waals surface area contributed by atoms with Crippen molar-refractivity contribution in [2.24, 2.45) is 0 Å². The molecule has 31 heavy (non-hydrogen) atoms. The minimum absolute atomic E-state index is 0.0814. The molecule has 0 bridgehead atoms. The van der Waals surface area contributed by atoms with Crippen LogP contribution in [-0.2, 0) is 4.74 Å². The molecule has 2 heterocycles. The molecule has 0 aliphatic carbocycles. The van der Waals surface area contributed by atoms with Crippen LogP contribution in [0, 0.1) is 10.5 Å². The summed E-state index contributed by atoms with van der Waals surface area (Å²) in [5, 5.41) is 0. The Morgan fingerprint density at radius 3 is 2.65 bits per heavy atom. The third-order valence-corrected chi connectivity index (χ3v) is 6.87. The second-order valence-electron chi connectivity index (χ2n) is 9.03. The Balaban J connectivity index is 1.63. The van der Waals surface area contributed by atoms with Gasteiger partial charge in [-0.05, 0) is 92.0 Å². The fraction of sp³-hybridized carbons (Fsp3) is 0.360. The number of amides is 1. The summed E-state index contributed by atoms with van der Waals surface area (Å²) in [6.45, 7) is 8.51. The molecule has 1 fully saturated rings. The number of benzene rings is 2. The second-order valence-corrected chi connectivity index (χ2v) is 10.1. The number of H-pyrrole nitrogens is 1. The number of nitrogens with zero attached hydrogens (tertiary/aromatic N) is 2. The third-order valence-electron chi connectivity index (χ3n) is 5.44. The molecule has 1 aliphatic rings. The van der Waals surface area contributed by atoms with Crippen molar-refractivity contribution in [3.8, 4) is 22.4 Å². The number of aromatic amines is 1. The molecule has 5 nitrogen and oxygen atoms in total. The van der Waals surface area contributed by atoms with E-state index in [9.17, 15) is 4.79 Å². The van der Waals surface area contributed by atoms with Crippen LogP contribution in [0.2, 0.25) is 0 Å². The van der Waals surface area contributed by atoms with E-state index < -0.39 is 5.60 Å². The lowest BCUT2D eigenvalue weighted by atomic mass is 9.99. The molecular weight excluding hydrogens is 501 g/mol. The summed E-state index contributed by atoms with van der Waals surface area (Å²) < 4.78 is 6.85. The van der Waals surface area contributed by atoms with Gasteiger partial charge < -0.3 is 9.72 Å². The summed E-state index contributed by atoms with van der Waals surface area (Å²) in [6, 6.07) is 14.7. The van der Waals surface area contributed by atoms with Gasteiger partial charge in [0.2, 0.25) is 0 Å². The first-order chi connectivity index (χ1) is 14.7. The molecule has 162 valence electrons. The minimum Gasteiger partial charge on any atom is -0.444 e. The molecule has 2 aromatic carbocycles. The topological polar surface area (TPSA) is 58.2 Å². The number of carbonyl (C=O) groups is 1. The Morgan fingerprint density at radius 1 is 1.19 bits per heavy atom. The van der Waals surface area contributed by atoms with E-state index in [0.717, 1.165) is 29.9 Å². The molecule has 1 aromatic heterocycles. The van der Waals surface area contributed by atoms with E-state index in [0.29, 0.717) is 6.54 Å². The van der Waals surface area contributed by atoms with Crippen molar-refractivity contribution in [2.45, 2.75) is 52.2 Å². The number of imidazole rings is 1. The quantitative estimate of drug-likeness (QED) is 0.383. The van der Waals surface area contributed by atoms with Gasteiger partial charge in [-0.3, -0.25) is 4.90 Å². The summed E-state index contributed by atoms with van der Waals surface area (Å²) in [5.74, 6) is 0.816. The molecule has 3 aromatic rings. The van der Waals surface area contributed by atoms with Crippen LogP contribution in [0.5, 0.6) is 0 Å². The summed E-state index contributed by atoms with van der Waals surface area (Å²) in [7, 11) is 0. The number of rotatable bonds is 3.